The van der Waals surface area contributed by atoms with E-state index in [1.54, 1.807) is 0 Å². The van der Waals surface area contributed by atoms with E-state index < -0.39 is 0 Å². The van der Waals surface area contributed by atoms with E-state index in [0.29, 0.717) is 0 Å². The zero-order valence-electron chi connectivity index (χ0n) is 14.9. The van der Waals surface area contributed by atoms with E-state index in [-0.39, 0.29) is 0 Å². The summed E-state index contributed by atoms with van der Waals surface area (Å²) >= 11 is 0. The van der Waals surface area contributed by atoms with Crippen LogP contribution >= 0.6 is 0 Å². The zero-order valence-corrected chi connectivity index (χ0v) is 14.9. The van der Waals surface area contributed by atoms with Gasteiger partial charge in [-0.3, -0.25) is 0 Å². The van der Waals surface area contributed by atoms with Crippen molar-refractivity contribution < 1.29 is 4.57 Å². The first-order valence-corrected chi connectivity index (χ1v) is 8.88. The maximum atomic E-state index is 4.96. The summed E-state index contributed by atoms with van der Waals surface area (Å²) < 4.78 is 2.13. The minimum Gasteiger partial charge on any atom is -0.232 e. The van der Waals surface area contributed by atoms with E-state index in [0.717, 1.165) is 16.7 Å². The monoisotopic (exact) mass is 335 g/mol. The largest absolute Gasteiger partial charge is 0.331 e. The minimum atomic E-state index is 0.996. The van der Waals surface area contributed by atoms with Gasteiger partial charge in [0.15, 0.2) is 5.52 Å². The average molecular weight is 335 g/mol. The van der Waals surface area contributed by atoms with Crippen LogP contribution in [0.5, 0.6) is 0 Å². The van der Waals surface area contributed by atoms with Gasteiger partial charge in [0.05, 0.1) is 18.0 Å². The Kier molecular flexibility index (Phi) is 3.26. The van der Waals surface area contributed by atoms with Gasteiger partial charge in [0, 0.05) is 0 Å². The summed E-state index contributed by atoms with van der Waals surface area (Å²) in [6.45, 7) is 2.17. The normalized spacial score (nSPS) is 11.5. The molecule has 0 N–H and O–H groups in total. The highest BCUT2D eigenvalue weighted by molar-refractivity contribution is 6.08. The standard InChI is InChI=1S/C24H19N2/c1-16-13-18-12-11-17-7-3-5-9-20(17)22(18)14-21(16)24-25-23-10-6-4-8-19(23)15-26(24)2/h3-15H,1-2H3/q+1. The lowest BCUT2D eigenvalue weighted by Crippen LogP contribution is -2.32. The molecule has 5 aromatic rings. The van der Waals surface area contributed by atoms with Crippen LogP contribution in [0.4, 0.5) is 0 Å². The summed E-state index contributed by atoms with van der Waals surface area (Å²) in [5.41, 5.74) is 3.45. The molecule has 0 aliphatic rings. The molecule has 0 aliphatic heterocycles. The third-order valence-corrected chi connectivity index (χ3v) is 5.16. The summed E-state index contributed by atoms with van der Waals surface area (Å²) in [5, 5.41) is 6.26. The third kappa shape index (κ3) is 2.26. The van der Waals surface area contributed by atoms with Gasteiger partial charge in [-0.2, -0.15) is 0 Å². The Morgan fingerprint density at radius 3 is 2.35 bits per heavy atom. The Bertz CT molecular complexity index is 1300. The molecule has 0 amide bonds. The van der Waals surface area contributed by atoms with Crippen LogP contribution in [0.1, 0.15) is 5.56 Å². The van der Waals surface area contributed by atoms with E-state index in [4.69, 9.17) is 4.98 Å². The van der Waals surface area contributed by atoms with Crippen LogP contribution < -0.4 is 4.57 Å². The molecule has 26 heavy (non-hydrogen) atoms. The second-order valence-electron chi connectivity index (χ2n) is 6.91. The molecule has 2 nitrogen and oxygen atoms in total. The first-order valence-electron chi connectivity index (χ1n) is 8.88. The van der Waals surface area contributed by atoms with E-state index in [2.05, 4.69) is 91.5 Å². The number of para-hydroxylation sites is 1. The average Bonchev–Trinajstić information content (AvgIpc) is 2.67. The second kappa shape index (κ2) is 5.63. The summed E-state index contributed by atoms with van der Waals surface area (Å²) in [7, 11) is 2.07. The van der Waals surface area contributed by atoms with Crippen molar-refractivity contribution >= 4 is 32.4 Å². The van der Waals surface area contributed by atoms with E-state index >= 15 is 0 Å². The smallest absolute Gasteiger partial charge is 0.232 e. The fourth-order valence-electron chi connectivity index (χ4n) is 3.82. The lowest BCUT2D eigenvalue weighted by atomic mass is 9.96. The van der Waals surface area contributed by atoms with Crippen LogP contribution in [0.15, 0.2) is 79.0 Å². The first-order chi connectivity index (χ1) is 12.7. The fourth-order valence-corrected chi connectivity index (χ4v) is 3.82. The quantitative estimate of drug-likeness (QED) is 0.298. The van der Waals surface area contributed by atoms with E-state index in [9.17, 15) is 0 Å². The molecule has 0 bridgehead atoms. The van der Waals surface area contributed by atoms with Gasteiger partial charge in [-0.1, -0.05) is 54.6 Å². The molecule has 0 unspecified atom stereocenters. The highest BCUT2D eigenvalue weighted by atomic mass is 15.0. The van der Waals surface area contributed by atoms with E-state index in [1.807, 2.05) is 6.07 Å². The summed E-state index contributed by atoms with van der Waals surface area (Å²) in [4.78, 5) is 4.96. The molecule has 0 saturated carbocycles. The van der Waals surface area contributed by atoms with Crippen LogP contribution in [0.2, 0.25) is 0 Å². The number of fused-ring (bicyclic) bond motifs is 4. The Morgan fingerprint density at radius 1 is 0.731 bits per heavy atom. The van der Waals surface area contributed by atoms with Crippen molar-refractivity contribution in [2.45, 2.75) is 6.92 Å². The Balaban J connectivity index is 1.85. The van der Waals surface area contributed by atoms with Gasteiger partial charge in [-0.05, 0) is 57.2 Å². The molecule has 5 rings (SSSR count). The lowest BCUT2D eigenvalue weighted by Gasteiger charge is -2.09. The van der Waals surface area contributed by atoms with Crippen molar-refractivity contribution in [1.29, 1.82) is 0 Å². The zero-order chi connectivity index (χ0) is 17.7. The van der Waals surface area contributed by atoms with Crippen molar-refractivity contribution in [3.05, 3.63) is 84.6 Å². The number of nitrogens with zero attached hydrogens (tertiary/aromatic N) is 2. The molecule has 1 heterocycles. The van der Waals surface area contributed by atoms with Crippen LogP contribution in [0, 0.1) is 6.92 Å². The highest BCUT2D eigenvalue weighted by Gasteiger charge is 2.18. The molecular weight excluding hydrogens is 316 g/mol. The predicted molar refractivity (Wildman–Crippen MR) is 108 cm³/mol. The maximum absolute atomic E-state index is 4.96. The van der Waals surface area contributed by atoms with Gasteiger partial charge in [0.1, 0.15) is 6.20 Å². The third-order valence-electron chi connectivity index (χ3n) is 5.16. The predicted octanol–water partition coefficient (Wildman–Crippen LogP) is 5.34. The van der Waals surface area contributed by atoms with Crippen molar-refractivity contribution in [3.8, 4) is 11.4 Å². The number of benzene rings is 4. The lowest BCUT2D eigenvalue weighted by molar-refractivity contribution is -0.661. The second-order valence-corrected chi connectivity index (χ2v) is 6.91. The van der Waals surface area contributed by atoms with Gasteiger partial charge in [0.25, 0.3) is 0 Å². The molecule has 0 radical (unpaired) electrons. The molecule has 1 aromatic heterocycles. The van der Waals surface area contributed by atoms with Crippen LogP contribution in [0.25, 0.3) is 43.8 Å². The molecular formula is C24H19N2+. The summed E-state index contributed by atoms with van der Waals surface area (Å²) in [6, 6.07) is 25.8. The molecule has 124 valence electrons. The SMILES string of the molecule is Cc1cc2ccc3ccccc3c2cc1-c1nc2ccccc2c[n+]1C. The first kappa shape index (κ1) is 15.0. The number of aryl methyl sites for hydroxylation is 2. The molecule has 0 saturated heterocycles. The number of hydrogen-bond donors (Lipinski definition) is 0. The molecule has 0 fully saturated rings. The van der Waals surface area contributed by atoms with Crippen LogP contribution in [-0.4, -0.2) is 4.98 Å². The van der Waals surface area contributed by atoms with Crippen molar-refractivity contribution in [2.75, 3.05) is 0 Å². The number of aromatic nitrogens is 2. The highest BCUT2D eigenvalue weighted by Crippen LogP contribution is 2.31. The van der Waals surface area contributed by atoms with Crippen molar-refractivity contribution in [2.24, 2.45) is 7.05 Å². The Hall–Kier alpha value is -3.26. The minimum absolute atomic E-state index is 0.996. The molecule has 0 spiro atoms. The van der Waals surface area contributed by atoms with Gasteiger partial charge in [-0.15, -0.1) is 0 Å². The molecule has 4 aromatic carbocycles. The molecule has 0 aliphatic carbocycles. The van der Waals surface area contributed by atoms with Gasteiger partial charge in [-0.25, -0.2) is 4.57 Å². The van der Waals surface area contributed by atoms with Crippen molar-refractivity contribution in [1.82, 2.24) is 4.98 Å². The molecule has 2 heteroatoms. The number of rotatable bonds is 1. The van der Waals surface area contributed by atoms with Crippen LogP contribution in [-0.2, 0) is 7.05 Å². The fraction of sp³-hybridized carbons (Fsp3) is 0.0833. The van der Waals surface area contributed by atoms with Crippen molar-refractivity contribution in [3.63, 3.8) is 0 Å². The Morgan fingerprint density at radius 2 is 1.46 bits per heavy atom. The summed E-state index contributed by atoms with van der Waals surface area (Å²) in [6.07, 6.45) is 2.16. The van der Waals surface area contributed by atoms with E-state index in [1.165, 1.54) is 32.7 Å². The summed E-state index contributed by atoms with van der Waals surface area (Å²) in [5.74, 6) is 0.996. The van der Waals surface area contributed by atoms with Gasteiger partial charge >= 0.3 is 5.82 Å². The molecule has 0 atom stereocenters. The number of hydrogen-bond acceptors (Lipinski definition) is 1. The van der Waals surface area contributed by atoms with Gasteiger partial charge in [0.2, 0.25) is 0 Å². The Labute approximate surface area is 152 Å². The maximum Gasteiger partial charge on any atom is 0.331 e. The van der Waals surface area contributed by atoms with Gasteiger partial charge < -0.3 is 0 Å². The van der Waals surface area contributed by atoms with Crippen LogP contribution in [0.3, 0.4) is 0 Å². The topological polar surface area (TPSA) is 16.8 Å².